The molecule has 0 saturated heterocycles. The van der Waals surface area contributed by atoms with Gasteiger partial charge in [-0.25, -0.2) is 4.68 Å². The van der Waals surface area contributed by atoms with Crippen LogP contribution in [0, 0.1) is 0 Å². The van der Waals surface area contributed by atoms with Crippen LogP contribution in [0.5, 0.6) is 11.5 Å². The summed E-state index contributed by atoms with van der Waals surface area (Å²) in [5.41, 5.74) is 1.84. The van der Waals surface area contributed by atoms with Gasteiger partial charge >= 0.3 is 6.18 Å². The Hall–Kier alpha value is -4.47. The van der Waals surface area contributed by atoms with Crippen molar-refractivity contribution < 1.29 is 28.2 Å². The molecule has 178 valence electrons. The first-order valence-electron chi connectivity index (χ1n) is 10.6. The zero-order valence-electron chi connectivity index (χ0n) is 18.1. The summed E-state index contributed by atoms with van der Waals surface area (Å²) in [4.78, 5) is 14.9. The number of anilines is 2. The molecule has 4 aromatic rings. The summed E-state index contributed by atoms with van der Waals surface area (Å²) < 4.78 is 40.4. The number of hydrogen-bond donors (Lipinski definition) is 3. The fraction of sp³-hybridized carbons (Fsp3) is 0.120. The Morgan fingerprint density at radius 3 is 2.37 bits per heavy atom. The minimum absolute atomic E-state index is 0.0394. The van der Waals surface area contributed by atoms with E-state index in [2.05, 4.69) is 10.4 Å². The van der Waals surface area contributed by atoms with E-state index in [1.165, 1.54) is 35.3 Å². The predicted molar refractivity (Wildman–Crippen MR) is 122 cm³/mol. The second-order valence-corrected chi connectivity index (χ2v) is 8.16. The number of halogens is 3. The summed E-state index contributed by atoms with van der Waals surface area (Å²) >= 11 is 0. The number of aromatic hydroxyl groups is 2. The van der Waals surface area contributed by atoms with Crippen LogP contribution in [0.25, 0.3) is 5.69 Å². The molecule has 0 fully saturated rings. The molecule has 35 heavy (non-hydrogen) atoms. The third-order valence-electron chi connectivity index (χ3n) is 5.74. The number of nitrogens with one attached hydrogen (secondary N) is 1. The number of carbonyl (C=O) groups excluding carboxylic acids is 1. The number of amides is 1. The predicted octanol–water partition coefficient (Wildman–Crippen LogP) is 5.20. The minimum atomic E-state index is -4.49. The molecule has 0 spiro atoms. The number of rotatable bonds is 4. The van der Waals surface area contributed by atoms with Gasteiger partial charge in [-0.05, 0) is 29.3 Å². The van der Waals surface area contributed by atoms with E-state index in [4.69, 9.17) is 0 Å². The first-order chi connectivity index (χ1) is 16.7. The van der Waals surface area contributed by atoms with Crippen molar-refractivity contribution in [3.8, 4) is 17.2 Å². The standard InChI is InChI=1S/C25H19F3N4O3/c26-25(27,28)17-6-3-7-19(8-17)32-14-18(11-29-32)30-21-9-20(33)10-22(34)23(21)24(35)31-12-15-4-1-2-5-16(15)13-31/h1-11,14,30,33-34H,12-13H2. The van der Waals surface area contributed by atoms with Gasteiger partial charge in [0.15, 0.2) is 0 Å². The summed E-state index contributed by atoms with van der Waals surface area (Å²) in [5.74, 6) is -1.11. The molecule has 0 unspecified atom stereocenters. The lowest BCUT2D eigenvalue weighted by Gasteiger charge is -2.19. The van der Waals surface area contributed by atoms with Crippen LogP contribution in [0.4, 0.5) is 24.5 Å². The maximum Gasteiger partial charge on any atom is 0.416 e. The second kappa shape index (κ2) is 8.39. The quantitative estimate of drug-likeness (QED) is 0.374. The van der Waals surface area contributed by atoms with Gasteiger partial charge in [-0.15, -0.1) is 0 Å². The van der Waals surface area contributed by atoms with E-state index in [9.17, 15) is 28.2 Å². The fourth-order valence-electron chi connectivity index (χ4n) is 4.08. The largest absolute Gasteiger partial charge is 0.508 e. The summed E-state index contributed by atoms with van der Waals surface area (Å²) in [6.45, 7) is 0.754. The molecule has 0 aliphatic carbocycles. The summed E-state index contributed by atoms with van der Waals surface area (Å²) in [5, 5.41) is 27.6. The van der Waals surface area contributed by atoms with Crippen molar-refractivity contribution in [1.29, 1.82) is 0 Å². The Bertz CT molecular complexity index is 1410. The molecule has 1 aliphatic rings. The zero-order chi connectivity index (χ0) is 24.7. The van der Waals surface area contributed by atoms with Gasteiger partial charge in [0.25, 0.3) is 5.91 Å². The van der Waals surface area contributed by atoms with Crippen molar-refractivity contribution >= 4 is 17.3 Å². The van der Waals surface area contributed by atoms with Gasteiger partial charge in [0, 0.05) is 25.2 Å². The Morgan fingerprint density at radius 2 is 1.69 bits per heavy atom. The molecule has 7 nitrogen and oxygen atoms in total. The minimum Gasteiger partial charge on any atom is -0.508 e. The third-order valence-corrected chi connectivity index (χ3v) is 5.74. The molecule has 5 rings (SSSR count). The number of carbonyl (C=O) groups is 1. The average molecular weight is 480 g/mol. The number of nitrogens with zero attached hydrogens (tertiary/aromatic N) is 3. The number of alkyl halides is 3. The van der Waals surface area contributed by atoms with Crippen LogP contribution in [-0.4, -0.2) is 30.8 Å². The van der Waals surface area contributed by atoms with E-state index >= 15 is 0 Å². The lowest BCUT2D eigenvalue weighted by atomic mass is 10.1. The van der Waals surface area contributed by atoms with Crippen LogP contribution in [0.3, 0.4) is 0 Å². The van der Waals surface area contributed by atoms with Crippen LogP contribution in [0.1, 0.15) is 27.0 Å². The molecular weight excluding hydrogens is 461 g/mol. The SMILES string of the molecule is O=C(c1c(O)cc(O)cc1Nc1cnn(-c2cccc(C(F)(F)F)c2)c1)N1Cc2ccccc2C1. The molecule has 0 saturated carbocycles. The summed E-state index contributed by atoms with van der Waals surface area (Å²) in [6.07, 6.45) is -1.69. The van der Waals surface area contributed by atoms with Gasteiger partial charge in [0.05, 0.1) is 35.0 Å². The smallest absolute Gasteiger partial charge is 0.416 e. The zero-order valence-corrected chi connectivity index (χ0v) is 18.1. The number of aromatic nitrogens is 2. The molecular formula is C25H19F3N4O3. The maximum atomic E-state index is 13.3. The highest BCUT2D eigenvalue weighted by Crippen LogP contribution is 2.36. The molecule has 3 N–H and O–H groups in total. The Morgan fingerprint density at radius 1 is 0.971 bits per heavy atom. The maximum absolute atomic E-state index is 13.3. The van der Waals surface area contributed by atoms with Crippen LogP contribution in [0.15, 0.2) is 73.1 Å². The molecule has 0 radical (unpaired) electrons. The van der Waals surface area contributed by atoms with Gasteiger partial charge in [0.1, 0.15) is 17.1 Å². The third kappa shape index (κ3) is 4.37. The van der Waals surface area contributed by atoms with Gasteiger partial charge in [0.2, 0.25) is 0 Å². The van der Waals surface area contributed by atoms with Crippen molar-refractivity contribution in [1.82, 2.24) is 14.7 Å². The van der Waals surface area contributed by atoms with Crippen molar-refractivity contribution in [2.75, 3.05) is 5.32 Å². The van der Waals surface area contributed by atoms with Gasteiger partial charge in [-0.1, -0.05) is 30.3 Å². The molecule has 0 atom stereocenters. The number of fused-ring (bicyclic) bond motifs is 1. The van der Waals surface area contributed by atoms with Crippen LogP contribution < -0.4 is 5.32 Å². The van der Waals surface area contributed by atoms with E-state index in [1.54, 1.807) is 4.90 Å². The first kappa shape index (κ1) is 22.3. The van der Waals surface area contributed by atoms with Crippen molar-refractivity contribution in [3.63, 3.8) is 0 Å². The Labute approximate surface area is 197 Å². The number of phenols is 2. The highest BCUT2D eigenvalue weighted by molar-refractivity contribution is 6.03. The summed E-state index contributed by atoms with van der Waals surface area (Å²) in [7, 11) is 0. The van der Waals surface area contributed by atoms with Crippen LogP contribution in [-0.2, 0) is 19.3 Å². The average Bonchev–Trinajstić information content (AvgIpc) is 3.45. The second-order valence-electron chi connectivity index (χ2n) is 8.16. The molecule has 0 bridgehead atoms. The highest BCUT2D eigenvalue weighted by Gasteiger charge is 2.31. The molecule has 1 amide bonds. The highest BCUT2D eigenvalue weighted by atomic mass is 19.4. The van der Waals surface area contributed by atoms with E-state index in [0.717, 1.165) is 29.3 Å². The normalized spacial score (nSPS) is 13.1. The lowest BCUT2D eigenvalue weighted by Crippen LogP contribution is -2.26. The van der Waals surface area contributed by atoms with E-state index in [1.807, 2.05) is 24.3 Å². The number of hydrogen-bond acceptors (Lipinski definition) is 5. The van der Waals surface area contributed by atoms with Gasteiger partial charge in [-0.3, -0.25) is 4.79 Å². The molecule has 10 heteroatoms. The lowest BCUT2D eigenvalue weighted by molar-refractivity contribution is -0.137. The van der Waals surface area contributed by atoms with Crippen molar-refractivity contribution in [3.05, 3.63) is 95.3 Å². The fourth-order valence-corrected chi connectivity index (χ4v) is 4.08. The molecule has 1 aliphatic heterocycles. The topological polar surface area (TPSA) is 90.6 Å². The van der Waals surface area contributed by atoms with E-state index < -0.39 is 23.4 Å². The van der Waals surface area contributed by atoms with Gasteiger partial charge < -0.3 is 20.4 Å². The van der Waals surface area contributed by atoms with Gasteiger partial charge in [-0.2, -0.15) is 18.3 Å². The van der Waals surface area contributed by atoms with E-state index in [0.29, 0.717) is 18.8 Å². The molecule has 3 aromatic carbocycles. The molecule has 2 heterocycles. The van der Waals surface area contributed by atoms with Crippen LogP contribution >= 0.6 is 0 Å². The van der Waals surface area contributed by atoms with Crippen LogP contribution in [0.2, 0.25) is 0 Å². The number of phenolic OH excluding ortho intramolecular Hbond substituents is 2. The first-order valence-corrected chi connectivity index (χ1v) is 10.6. The monoisotopic (exact) mass is 480 g/mol. The summed E-state index contributed by atoms with van der Waals surface area (Å²) in [6, 6.07) is 14.7. The molecule has 1 aromatic heterocycles. The van der Waals surface area contributed by atoms with E-state index in [-0.39, 0.29) is 22.7 Å². The number of benzene rings is 3. The van der Waals surface area contributed by atoms with Crippen molar-refractivity contribution in [2.24, 2.45) is 0 Å². The van der Waals surface area contributed by atoms with Crippen molar-refractivity contribution in [2.45, 2.75) is 19.3 Å². The Kier molecular flexibility index (Phi) is 5.35. The Balaban J connectivity index is 1.43.